The van der Waals surface area contributed by atoms with E-state index in [2.05, 4.69) is 0 Å². The van der Waals surface area contributed by atoms with Crippen LogP contribution in [0.15, 0.2) is 47.4 Å². The molecular weight excluding hydrogens is 418 g/mol. The Morgan fingerprint density at radius 1 is 1.10 bits per heavy atom. The van der Waals surface area contributed by atoms with Crippen LogP contribution in [0.1, 0.15) is 34.3 Å². The molecule has 0 radical (unpaired) electrons. The van der Waals surface area contributed by atoms with Gasteiger partial charge in [0, 0.05) is 18.7 Å². The van der Waals surface area contributed by atoms with E-state index >= 15 is 0 Å². The van der Waals surface area contributed by atoms with Crippen LogP contribution >= 0.6 is 0 Å². The van der Waals surface area contributed by atoms with Crippen molar-refractivity contribution in [1.29, 1.82) is 0 Å². The van der Waals surface area contributed by atoms with Crippen LogP contribution in [-0.4, -0.2) is 51.3 Å². The second-order valence-corrected chi connectivity index (χ2v) is 9.66. The summed E-state index contributed by atoms with van der Waals surface area (Å²) in [6, 6.07) is 11.7. The number of carbonyl (C=O) groups excluding carboxylic acids is 2. The van der Waals surface area contributed by atoms with E-state index < -0.39 is 21.9 Å². The van der Waals surface area contributed by atoms with Gasteiger partial charge in [0.15, 0.2) is 6.61 Å². The van der Waals surface area contributed by atoms with Crippen LogP contribution in [-0.2, 0) is 19.6 Å². The zero-order valence-electron chi connectivity index (χ0n) is 18.0. The Balaban J connectivity index is 1.63. The number of hydrogen-bond donors (Lipinski definition) is 0. The molecule has 1 aliphatic heterocycles. The minimum absolute atomic E-state index is 0.0326. The second kappa shape index (κ2) is 9.62. The lowest BCUT2D eigenvalue weighted by Crippen LogP contribution is -2.43. The Hall–Kier alpha value is -2.71. The number of ether oxygens (including phenoxy) is 2. The topological polar surface area (TPSA) is 90.0 Å². The highest BCUT2D eigenvalue weighted by molar-refractivity contribution is 7.89. The molecule has 166 valence electrons. The van der Waals surface area contributed by atoms with E-state index in [1.54, 1.807) is 18.2 Å². The maximum absolute atomic E-state index is 13.0. The van der Waals surface area contributed by atoms with Crippen molar-refractivity contribution in [3.63, 3.8) is 0 Å². The van der Waals surface area contributed by atoms with Crippen molar-refractivity contribution in [3.05, 3.63) is 59.2 Å². The highest BCUT2D eigenvalue weighted by Gasteiger charge is 2.34. The zero-order chi connectivity index (χ0) is 22.6. The number of ketones is 1. The summed E-state index contributed by atoms with van der Waals surface area (Å²) in [5.74, 6) is -0.859. The standard InChI is InChI=1S/C23H27NO6S/c1-16-6-7-17(2)21(13-16)22(25)15-30-23(26)18-5-4-12-24(14-18)31(27,28)20-10-8-19(29-3)9-11-20/h6-11,13,18H,4-5,12,14-15H2,1-3H3. The molecule has 0 spiro atoms. The van der Waals surface area contributed by atoms with E-state index in [0.29, 0.717) is 30.7 Å². The molecule has 0 amide bonds. The average Bonchev–Trinajstić information content (AvgIpc) is 2.78. The van der Waals surface area contributed by atoms with Gasteiger partial charge in [0.25, 0.3) is 0 Å². The molecule has 1 aliphatic rings. The maximum atomic E-state index is 13.0. The van der Waals surface area contributed by atoms with E-state index in [9.17, 15) is 18.0 Å². The molecule has 1 atom stereocenters. The number of methoxy groups -OCH3 is 1. The summed E-state index contributed by atoms with van der Waals surface area (Å²) in [7, 11) is -2.23. The molecule has 1 unspecified atom stereocenters. The molecule has 2 aromatic carbocycles. The van der Waals surface area contributed by atoms with Gasteiger partial charge in [-0.15, -0.1) is 0 Å². The lowest BCUT2D eigenvalue weighted by molar-refractivity contribution is -0.148. The number of nitrogens with zero attached hydrogens (tertiary/aromatic N) is 1. The molecule has 31 heavy (non-hydrogen) atoms. The van der Waals surface area contributed by atoms with Gasteiger partial charge in [-0.3, -0.25) is 9.59 Å². The summed E-state index contributed by atoms with van der Waals surface area (Å²) < 4.78 is 37.5. The first kappa shape index (κ1) is 23.0. The molecule has 1 fully saturated rings. The van der Waals surface area contributed by atoms with E-state index in [0.717, 1.165) is 11.1 Å². The van der Waals surface area contributed by atoms with E-state index in [1.807, 2.05) is 26.0 Å². The Morgan fingerprint density at radius 3 is 2.48 bits per heavy atom. The van der Waals surface area contributed by atoms with Gasteiger partial charge in [-0.25, -0.2) is 8.42 Å². The van der Waals surface area contributed by atoms with Crippen molar-refractivity contribution >= 4 is 21.8 Å². The third kappa shape index (κ3) is 5.32. The summed E-state index contributed by atoms with van der Waals surface area (Å²) in [6.45, 7) is 3.73. The van der Waals surface area contributed by atoms with Crippen molar-refractivity contribution in [2.24, 2.45) is 5.92 Å². The summed E-state index contributed by atoms with van der Waals surface area (Å²) in [6.07, 6.45) is 1.06. The first-order chi connectivity index (χ1) is 14.7. The molecule has 0 aromatic heterocycles. The lowest BCUT2D eigenvalue weighted by atomic mass is 10.00. The number of Topliss-reactive ketones (excluding diaryl/α,β-unsaturated/α-hetero) is 1. The Kier molecular flexibility index (Phi) is 7.12. The predicted octanol–water partition coefficient (Wildman–Crippen LogP) is 3.14. The van der Waals surface area contributed by atoms with E-state index in [1.165, 1.54) is 23.5 Å². The molecule has 0 aliphatic carbocycles. The monoisotopic (exact) mass is 445 g/mol. The number of benzene rings is 2. The van der Waals surface area contributed by atoms with Crippen LogP contribution in [0.5, 0.6) is 5.75 Å². The minimum Gasteiger partial charge on any atom is -0.497 e. The van der Waals surface area contributed by atoms with Gasteiger partial charge in [-0.2, -0.15) is 4.31 Å². The fraction of sp³-hybridized carbons (Fsp3) is 0.391. The quantitative estimate of drug-likeness (QED) is 0.480. The smallest absolute Gasteiger partial charge is 0.310 e. The summed E-state index contributed by atoms with van der Waals surface area (Å²) >= 11 is 0. The van der Waals surface area contributed by atoms with Crippen LogP contribution in [0.2, 0.25) is 0 Å². The minimum atomic E-state index is -3.74. The SMILES string of the molecule is COc1ccc(S(=O)(=O)N2CCCC(C(=O)OCC(=O)c3cc(C)ccc3C)C2)cc1. The maximum Gasteiger partial charge on any atom is 0.310 e. The second-order valence-electron chi connectivity index (χ2n) is 7.73. The molecule has 8 heteroatoms. The van der Waals surface area contributed by atoms with Crippen LogP contribution in [0, 0.1) is 19.8 Å². The molecule has 0 saturated carbocycles. The van der Waals surface area contributed by atoms with Crippen LogP contribution < -0.4 is 4.74 Å². The van der Waals surface area contributed by atoms with Gasteiger partial charge in [0.1, 0.15) is 5.75 Å². The number of carbonyl (C=O) groups is 2. The zero-order valence-corrected chi connectivity index (χ0v) is 18.8. The van der Waals surface area contributed by atoms with Crippen molar-refractivity contribution in [2.45, 2.75) is 31.6 Å². The molecule has 0 bridgehead atoms. The number of aryl methyl sites for hydroxylation is 2. The van der Waals surface area contributed by atoms with Crippen molar-refractivity contribution in [2.75, 3.05) is 26.8 Å². The van der Waals surface area contributed by atoms with Gasteiger partial charge in [0.2, 0.25) is 15.8 Å². The van der Waals surface area contributed by atoms with Crippen molar-refractivity contribution in [1.82, 2.24) is 4.31 Å². The fourth-order valence-electron chi connectivity index (χ4n) is 3.62. The van der Waals surface area contributed by atoms with Crippen molar-refractivity contribution in [3.8, 4) is 5.75 Å². The predicted molar refractivity (Wildman–Crippen MR) is 116 cm³/mol. The van der Waals surface area contributed by atoms with Crippen molar-refractivity contribution < 1.29 is 27.5 Å². The highest BCUT2D eigenvalue weighted by Crippen LogP contribution is 2.26. The summed E-state index contributed by atoms with van der Waals surface area (Å²) in [5, 5.41) is 0. The normalized spacial score (nSPS) is 17.2. The Labute approximate surface area is 183 Å². The first-order valence-electron chi connectivity index (χ1n) is 10.1. The van der Waals surface area contributed by atoms with Gasteiger partial charge in [0.05, 0.1) is 17.9 Å². The number of piperidine rings is 1. The number of esters is 1. The number of rotatable bonds is 7. The summed E-state index contributed by atoms with van der Waals surface area (Å²) in [5.41, 5.74) is 2.30. The molecule has 3 rings (SSSR count). The lowest BCUT2D eigenvalue weighted by Gasteiger charge is -2.30. The Morgan fingerprint density at radius 2 is 1.81 bits per heavy atom. The molecule has 2 aromatic rings. The number of hydrogen-bond acceptors (Lipinski definition) is 6. The first-order valence-corrected chi connectivity index (χ1v) is 11.6. The van der Waals surface area contributed by atoms with Gasteiger partial charge in [-0.1, -0.05) is 17.7 Å². The molecule has 7 nitrogen and oxygen atoms in total. The largest absolute Gasteiger partial charge is 0.497 e. The molecule has 1 heterocycles. The van der Waals surface area contributed by atoms with Crippen LogP contribution in [0.4, 0.5) is 0 Å². The molecule has 0 N–H and O–H groups in total. The summed E-state index contributed by atoms with van der Waals surface area (Å²) in [4.78, 5) is 25.2. The third-order valence-corrected chi connectivity index (χ3v) is 7.33. The van der Waals surface area contributed by atoms with Gasteiger partial charge in [-0.05, 0) is 62.6 Å². The molecule has 1 saturated heterocycles. The van der Waals surface area contributed by atoms with Gasteiger partial charge >= 0.3 is 5.97 Å². The number of sulfonamides is 1. The van der Waals surface area contributed by atoms with E-state index in [4.69, 9.17) is 9.47 Å². The Bertz CT molecular complexity index is 1060. The van der Waals surface area contributed by atoms with Gasteiger partial charge < -0.3 is 9.47 Å². The molecular formula is C23H27NO6S. The third-order valence-electron chi connectivity index (χ3n) is 5.45. The average molecular weight is 446 g/mol. The van der Waals surface area contributed by atoms with Crippen LogP contribution in [0.3, 0.4) is 0 Å². The van der Waals surface area contributed by atoms with Crippen LogP contribution in [0.25, 0.3) is 0 Å². The van der Waals surface area contributed by atoms with E-state index in [-0.39, 0.29) is 23.8 Å². The fourth-order valence-corrected chi connectivity index (χ4v) is 5.14. The highest BCUT2D eigenvalue weighted by atomic mass is 32.2.